The summed E-state index contributed by atoms with van der Waals surface area (Å²) in [4.78, 5) is 0. The van der Waals surface area contributed by atoms with Gasteiger partial charge in [0, 0.05) is 38.7 Å². The van der Waals surface area contributed by atoms with Crippen LogP contribution in [0.3, 0.4) is 0 Å². The zero-order chi connectivity index (χ0) is 19.4. The highest BCUT2D eigenvalue weighted by Crippen LogP contribution is 2.44. The highest BCUT2D eigenvalue weighted by molar-refractivity contribution is 5.17. The van der Waals surface area contributed by atoms with Crippen LogP contribution in [0.1, 0.15) is 32.1 Å². The Kier molecular flexibility index (Phi) is 6.89. The van der Waals surface area contributed by atoms with E-state index < -0.39 is 6.29 Å². The Morgan fingerprint density at radius 1 is 1.11 bits per heavy atom. The lowest BCUT2D eigenvalue weighted by molar-refractivity contribution is -0.339. The Morgan fingerprint density at radius 3 is 2.48 bits per heavy atom. The summed E-state index contributed by atoms with van der Waals surface area (Å²) in [7, 11) is 5.12. The van der Waals surface area contributed by atoms with E-state index in [1.807, 2.05) is 30.3 Å². The van der Waals surface area contributed by atoms with Crippen molar-refractivity contribution >= 4 is 0 Å². The summed E-state index contributed by atoms with van der Waals surface area (Å²) < 4.78 is 35.5. The summed E-state index contributed by atoms with van der Waals surface area (Å²) in [5, 5.41) is 0. The van der Waals surface area contributed by atoms with Crippen molar-refractivity contribution in [1.82, 2.24) is 0 Å². The van der Waals surface area contributed by atoms with Crippen molar-refractivity contribution < 1.29 is 28.4 Å². The van der Waals surface area contributed by atoms with E-state index in [2.05, 4.69) is 13.8 Å². The minimum atomic E-state index is -0.402. The van der Waals surface area contributed by atoms with Crippen LogP contribution in [0.25, 0.3) is 0 Å². The van der Waals surface area contributed by atoms with Gasteiger partial charge in [-0.3, -0.25) is 0 Å². The average Bonchev–Trinajstić information content (AvgIpc) is 2.68. The molecule has 0 radical (unpaired) electrons. The largest absolute Gasteiger partial charge is 0.382 e. The first-order chi connectivity index (χ1) is 13.0. The van der Waals surface area contributed by atoms with Crippen LogP contribution in [-0.2, 0) is 28.4 Å². The summed E-state index contributed by atoms with van der Waals surface area (Å²) in [5.41, 5.74) is 0.754. The predicted octanol–water partition coefficient (Wildman–Crippen LogP) is 2.96. The molecule has 0 aromatic heterocycles. The maximum Gasteiger partial charge on any atom is 0.184 e. The Labute approximate surface area is 162 Å². The highest BCUT2D eigenvalue weighted by atomic mass is 16.7. The average molecular weight is 380 g/mol. The second kappa shape index (κ2) is 8.99. The Balaban J connectivity index is 1.76. The van der Waals surface area contributed by atoms with Crippen molar-refractivity contribution in [3.8, 4) is 0 Å². The molecule has 0 spiro atoms. The Bertz CT molecular complexity index is 577. The summed E-state index contributed by atoms with van der Waals surface area (Å²) in [6.07, 6.45) is -0.239. The summed E-state index contributed by atoms with van der Waals surface area (Å²) in [5.74, 6) is 0. The maximum atomic E-state index is 6.44. The number of benzene rings is 1. The third kappa shape index (κ3) is 4.36. The van der Waals surface area contributed by atoms with Gasteiger partial charge in [-0.25, -0.2) is 0 Å². The summed E-state index contributed by atoms with van der Waals surface area (Å²) in [6, 6.07) is 9.98. The fourth-order valence-electron chi connectivity index (χ4n) is 4.16. The van der Waals surface area contributed by atoms with Gasteiger partial charge in [0.25, 0.3) is 0 Å². The first kappa shape index (κ1) is 20.7. The fraction of sp³-hybridized carbons (Fsp3) is 0.714. The van der Waals surface area contributed by atoms with E-state index in [1.165, 1.54) is 0 Å². The highest BCUT2D eigenvalue weighted by Gasteiger charge is 2.54. The minimum absolute atomic E-state index is 0.0316. The molecule has 1 aromatic rings. The molecule has 152 valence electrons. The second-order valence-corrected chi connectivity index (χ2v) is 7.87. The third-order valence-electron chi connectivity index (χ3n) is 5.75. The van der Waals surface area contributed by atoms with Crippen molar-refractivity contribution in [1.29, 1.82) is 0 Å². The van der Waals surface area contributed by atoms with Crippen LogP contribution in [0.2, 0.25) is 0 Å². The number of methoxy groups -OCH3 is 3. The number of fused-ring (bicyclic) bond motifs is 1. The van der Waals surface area contributed by atoms with Crippen molar-refractivity contribution in [3.63, 3.8) is 0 Å². The number of hydrogen-bond donors (Lipinski definition) is 0. The minimum Gasteiger partial charge on any atom is -0.382 e. The molecule has 6 nitrogen and oxygen atoms in total. The van der Waals surface area contributed by atoms with Crippen LogP contribution in [0, 0.1) is 5.41 Å². The molecule has 0 aliphatic carbocycles. The van der Waals surface area contributed by atoms with Gasteiger partial charge in [-0.1, -0.05) is 44.2 Å². The fourth-order valence-corrected chi connectivity index (χ4v) is 4.16. The van der Waals surface area contributed by atoms with Crippen LogP contribution in [-0.4, -0.2) is 65.1 Å². The first-order valence-corrected chi connectivity index (χ1v) is 9.53. The van der Waals surface area contributed by atoms with E-state index in [0.717, 1.165) is 12.0 Å². The van der Waals surface area contributed by atoms with Crippen molar-refractivity contribution in [2.45, 2.75) is 57.1 Å². The molecular formula is C21H32O6. The number of hydrogen-bond acceptors (Lipinski definition) is 6. The van der Waals surface area contributed by atoms with E-state index in [9.17, 15) is 0 Å². The van der Waals surface area contributed by atoms with Crippen LogP contribution >= 0.6 is 0 Å². The zero-order valence-corrected chi connectivity index (χ0v) is 16.9. The number of ether oxygens (including phenoxy) is 6. The van der Waals surface area contributed by atoms with Gasteiger partial charge in [0.05, 0.1) is 31.5 Å². The van der Waals surface area contributed by atoms with Crippen LogP contribution in [0.15, 0.2) is 30.3 Å². The van der Waals surface area contributed by atoms with E-state index >= 15 is 0 Å². The molecule has 0 N–H and O–H groups in total. The van der Waals surface area contributed by atoms with Gasteiger partial charge in [-0.2, -0.15) is 0 Å². The predicted molar refractivity (Wildman–Crippen MR) is 101 cm³/mol. The van der Waals surface area contributed by atoms with Gasteiger partial charge in [0.2, 0.25) is 0 Å². The van der Waals surface area contributed by atoms with E-state index in [4.69, 9.17) is 28.4 Å². The molecule has 2 fully saturated rings. The van der Waals surface area contributed by atoms with Crippen molar-refractivity contribution in [3.05, 3.63) is 35.9 Å². The first-order valence-electron chi connectivity index (χ1n) is 9.53. The lowest BCUT2D eigenvalue weighted by Crippen LogP contribution is -2.63. The summed E-state index contributed by atoms with van der Waals surface area (Å²) in [6.45, 7) is 5.33. The molecule has 27 heavy (non-hydrogen) atoms. The topological polar surface area (TPSA) is 55.4 Å². The van der Waals surface area contributed by atoms with Gasteiger partial charge in [-0.05, 0) is 0 Å². The molecule has 0 bridgehead atoms. The molecule has 6 heteroatoms. The van der Waals surface area contributed by atoms with Gasteiger partial charge in [0.15, 0.2) is 6.29 Å². The van der Waals surface area contributed by atoms with E-state index in [0.29, 0.717) is 13.2 Å². The maximum absolute atomic E-state index is 6.44. The molecule has 2 saturated heterocycles. The molecule has 3 rings (SSSR count). The Hall–Kier alpha value is -1.02. The lowest BCUT2D eigenvalue weighted by Gasteiger charge is -2.53. The molecule has 6 atom stereocenters. The normalized spacial score (nSPS) is 34.0. The Morgan fingerprint density at radius 2 is 1.85 bits per heavy atom. The third-order valence-corrected chi connectivity index (χ3v) is 5.75. The lowest BCUT2D eigenvalue weighted by atomic mass is 9.72. The van der Waals surface area contributed by atoms with E-state index in [-0.39, 0.29) is 35.9 Å². The van der Waals surface area contributed by atoms with E-state index in [1.54, 1.807) is 21.3 Å². The zero-order valence-electron chi connectivity index (χ0n) is 16.9. The quantitative estimate of drug-likeness (QED) is 0.725. The van der Waals surface area contributed by atoms with Gasteiger partial charge >= 0.3 is 0 Å². The van der Waals surface area contributed by atoms with Gasteiger partial charge in [0.1, 0.15) is 12.2 Å². The molecule has 2 heterocycles. The van der Waals surface area contributed by atoms with Gasteiger partial charge in [-0.15, -0.1) is 0 Å². The molecule has 2 aliphatic rings. The molecule has 0 amide bonds. The molecule has 1 aromatic carbocycles. The van der Waals surface area contributed by atoms with Gasteiger partial charge < -0.3 is 28.4 Å². The van der Waals surface area contributed by atoms with Crippen molar-refractivity contribution in [2.75, 3.05) is 34.5 Å². The van der Waals surface area contributed by atoms with Crippen LogP contribution in [0.4, 0.5) is 0 Å². The van der Waals surface area contributed by atoms with Crippen molar-refractivity contribution in [2.24, 2.45) is 5.41 Å². The molecule has 0 saturated carbocycles. The molecule has 2 aliphatic heterocycles. The summed E-state index contributed by atoms with van der Waals surface area (Å²) >= 11 is 0. The number of rotatable bonds is 7. The monoisotopic (exact) mass is 380 g/mol. The second-order valence-electron chi connectivity index (χ2n) is 7.87. The SMILES string of the molecule is COC[C@@H](C[C@H]1O[C@@H]2COC(c3ccccc3)O[C@@H]2[C@@H](OC)C1(C)C)OC. The van der Waals surface area contributed by atoms with Crippen LogP contribution in [0.5, 0.6) is 0 Å². The standard InChI is InChI=1S/C21H32O6/c1-21(2)17(11-15(23-4)12-22-3)26-16-13-25-20(14-9-7-6-8-10-14)27-18(16)19(21)24-5/h6-10,15-20H,11-13H2,1-5H3/t15-,16-,17-,18+,19-,20?/m1/s1. The smallest absolute Gasteiger partial charge is 0.184 e. The molecule has 1 unspecified atom stereocenters. The van der Waals surface area contributed by atoms with Crippen LogP contribution < -0.4 is 0 Å². The molecular weight excluding hydrogens is 348 g/mol.